The van der Waals surface area contributed by atoms with Crippen LogP contribution in [0.5, 0.6) is 0 Å². The Bertz CT molecular complexity index is 847. The first-order chi connectivity index (χ1) is 13.2. The van der Waals surface area contributed by atoms with E-state index >= 15 is 0 Å². The van der Waals surface area contributed by atoms with E-state index in [1.807, 2.05) is 0 Å². The van der Waals surface area contributed by atoms with Crippen LogP contribution in [0.1, 0.15) is 52.0 Å². The van der Waals surface area contributed by atoms with E-state index in [9.17, 15) is 14.0 Å². The Labute approximate surface area is 164 Å². The molecule has 0 unspecified atom stereocenters. The minimum atomic E-state index is -0.658. The summed E-state index contributed by atoms with van der Waals surface area (Å²) < 4.78 is 20.0. The third-order valence-corrected chi connectivity index (χ3v) is 5.12. The van der Waals surface area contributed by atoms with Crippen molar-refractivity contribution in [1.82, 2.24) is 9.78 Å². The molecule has 1 saturated carbocycles. The number of ether oxygens (including phenoxy) is 1. The highest BCUT2D eigenvalue weighted by Crippen LogP contribution is 2.42. The molecular formula is C21H26FN3O3. The van der Waals surface area contributed by atoms with Gasteiger partial charge in [-0.1, -0.05) is 25.0 Å². The summed E-state index contributed by atoms with van der Waals surface area (Å²) in [4.78, 5) is 25.0. The lowest BCUT2D eigenvalue weighted by molar-refractivity contribution is -0.157. The van der Waals surface area contributed by atoms with Crippen LogP contribution in [-0.4, -0.2) is 21.7 Å². The Kier molecular flexibility index (Phi) is 5.54. The average molecular weight is 387 g/mol. The Morgan fingerprint density at radius 2 is 1.86 bits per heavy atom. The molecule has 0 radical (unpaired) electrons. The molecule has 1 aliphatic rings. The number of nitrogens with one attached hydrogen (secondary N) is 1. The normalized spacial score (nSPS) is 16.0. The molecule has 1 aromatic carbocycles. The molecule has 0 bridgehead atoms. The van der Waals surface area contributed by atoms with E-state index in [0.29, 0.717) is 5.69 Å². The molecule has 7 heteroatoms. The summed E-state index contributed by atoms with van der Waals surface area (Å²) in [6.45, 7) is 5.32. The van der Waals surface area contributed by atoms with Crippen LogP contribution in [0.3, 0.4) is 0 Å². The highest BCUT2D eigenvalue weighted by molar-refractivity contribution is 5.99. The van der Waals surface area contributed by atoms with E-state index in [1.165, 1.54) is 23.0 Å². The van der Waals surface area contributed by atoms with Gasteiger partial charge in [0.2, 0.25) is 5.91 Å². The zero-order valence-electron chi connectivity index (χ0n) is 16.5. The van der Waals surface area contributed by atoms with E-state index in [-0.39, 0.29) is 24.4 Å². The molecular weight excluding hydrogens is 361 g/mol. The summed E-state index contributed by atoms with van der Waals surface area (Å²) in [5, 5.41) is 7.05. The third-order valence-electron chi connectivity index (χ3n) is 5.12. The van der Waals surface area contributed by atoms with Gasteiger partial charge in [0.05, 0.1) is 28.9 Å². The smallest absolute Gasteiger partial charge is 0.313 e. The quantitative estimate of drug-likeness (QED) is 0.787. The van der Waals surface area contributed by atoms with Gasteiger partial charge >= 0.3 is 5.97 Å². The number of anilines is 1. The van der Waals surface area contributed by atoms with Gasteiger partial charge in [-0.3, -0.25) is 9.59 Å². The van der Waals surface area contributed by atoms with Crippen molar-refractivity contribution in [2.45, 2.75) is 58.6 Å². The fourth-order valence-electron chi connectivity index (χ4n) is 3.49. The Balaban J connectivity index is 1.69. The highest BCUT2D eigenvalue weighted by atomic mass is 19.1. The molecule has 0 spiro atoms. The zero-order chi connectivity index (χ0) is 20.4. The molecule has 2 aromatic rings. The first-order valence-electron chi connectivity index (χ1n) is 9.48. The van der Waals surface area contributed by atoms with E-state index in [0.717, 1.165) is 31.2 Å². The molecule has 0 saturated heterocycles. The van der Waals surface area contributed by atoms with Crippen LogP contribution < -0.4 is 5.32 Å². The highest BCUT2D eigenvalue weighted by Gasteiger charge is 2.42. The van der Waals surface area contributed by atoms with Crippen LogP contribution in [0, 0.1) is 11.2 Å². The third kappa shape index (κ3) is 4.24. The molecule has 1 N–H and O–H groups in total. The van der Waals surface area contributed by atoms with Gasteiger partial charge in [-0.25, -0.2) is 9.07 Å². The first-order valence-corrected chi connectivity index (χ1v) is 9.48. The van der Waals surface area contributed by atoms with Crippen molar-refractivity contribution < 1.29 is 18.7 Å². The van der Waals surface area contributed by atoms with Gasteiger partial charge in [0.1, 0.15) is 5.82 Å². The van der Waals surface area contributed by atoms with Crippen molar-refractivity contribution >= 4 is 17.6 Å². The lowest BCUT2D eigenvalue weighted by atomic mass is 9.78. The summed E-state index contributed by atoms with van der Waals surface area (Å²) >= 11 is 0. The molecule has 1 aromatic heterocycles. The summed E-state index contributed by atoms with van der Waals surface area (Å²) in [5.74, 6) is -0.763. The maximum Gasteiger partial charge on any atom is 0.313 e. The van der Waals surface area contributed by atoms with Crippen LogP contribution in [0.4, 0.5) is 10.1 Å². The van der Waals surface area contributed by atoms with E-state index in [4.69, 9.17) is 4.74 Å². The molecule has 0 aliphatic heterocycles. The van der Waals surface area contributed by atoms with Crippen LogP contribution in [0.25, 0.3) is 0 Å². The maximum absolute atomic E-state index is 13.3. The number of halogens is 1. The van der Waals surface area contributed by atoms with Gasteiger partial charge in [0.25, 0.3) is 0 Å². The second kappa shape index (κ2) is 7.73. The number of hydrogen-bond acceptors (Lipinski definition) is 4. The lowest BCUT2D eigenvalue weighted by Crippen LogP contribution is -2.37. The molecule has 0 atom stereocenters. The number of rotatable bonds is 5. The maximum atomic E-state index is 13.3. The monoisotopic (exact) mass is 387 g/mol. The number of nitrogens with zero attached hydrogens (tertiary/aromatic N) is 2. The first kappa shape index (κ1) is 20.0. The van der Waals surface area contributed by atoms with Gasteiger partial charge < -0.3 is 10.1 Å². The van der Waals surface area contributed by atoms with E-state index in [1.54, 1.807) is 39.1 Å². The molecule has 1 aliphatic carbocycles. The lowest BCUT2D eigenvalue weighted by Gasteiger charge is -2.28. The fraction of sp³-hybridized carbons (Fsp3) is 0.476. The second-order valence-corrected chi connectivity index (χ2v) is 8.33. The van der Waals surface area contributed by atoms with E-state index < -0.39 is 10.8 Å². The fourth-order valence-corrected chi connectivity index (χ4v) is 3.49. The van der Waals surface area contributed by atoms with Crippen molar-refractivity contribution in [2.75, 3.05) is 5.32 Å². The number of hydrogen-bond donors (Lipinski definition) is 1. The predicted octanol–water partition coefficient (Wildman–Crippen LogP) is 4.02. The van der Waals surface area contributed by atoms with Crippen LogP contribution in [-0.2, 0) is 26.5 Å². The largest absolute Gasteiger partial charge is 0.442 e. The standard InChI is InChI=1S/C21H26FN3O3/c1-20(2,3)19(27)28-14-25-13-17(12-23-25)24-18(26)21(10-4-5-11-21)15-6-8-16(22)9-7-15/h6-9,12-13H,4-5,10-11,14H2,1-3H3,(H,24,26). The molecule has 150 valence electrons. The summed E-state index contributed by atoms with van der Waals surface area (Å²) in [6.07, 6.45) is 6.50. The number of carbonyl (C=O) groups excluding carboxylic acids is 2. The van der Waals surface area contributed by atoms with Gasteiger partial charge in [-0.05, 0) is 51.3 Å². The van der Waals surface area contributed by atoms with Gasteiger partial charge in [-0.2, -0.15) is 5.10 Å². The number of carbonyl (C=O) groups is 2. The topological polar surface area (TPSA) is 73.2 Å². The van der Waals surface area contributed by atoms with Crippen molar-refractivity contribution in [3.63, 3.8) is 0 Å². The Morgan fingerprint density at radius 3 is 2.46 bits per heavy atom. The minimum absolute atomic E-state index is 0.0188. The molecule has 1 amide bonds. The average Bonchev–Trinajstić information content (AvgIpc) is 3.29. The predicted molar refractivity (Wildman–Crippen MR) is 103 cm³/mol. The molecule has 28 heavy (non-hydrogen) atoms. The second-order valence-electron chi connectivity index (χ2n) is 8.33. The molecule has 6 nitrogen and oxygen atoms in total. The minimum Gasteiger partial charge on any atom is -0.442 e. The molecule has 1 heterocycles. The zero-order valence-corrected chi connectivity index (χ0v) is 16.5. The number of aromatic nitrogens is 2. The van der Waals surface area contributed by atoms with Crippen LogP contribution in [0.15, 0.2) is 36.7 Å². The summed E-state index contributed by atoms with van der Waals surface area (Å²) in [7, 11) is 0. The van der Waals surface area contributed by atoms with Crippen molar-refractivity contribution in [3.8, 4) is 0 Å². The number of esters is 1. The Hall–Kier alpha value is -2.70. The molecule has 1 fully saturated rings. The summed E-state index contributed by atoms with van der Waals surface area (Å²) in [6, 6.07) is 6.17. The number of amides is 1. The van der Waals surface area contributed by atoms with E-state index in [2.05, 4.69) is 10.4 Å². The van der Waals surface area contributed by atoms with Crippen molar-refractivity contribution in [2.24, 2.45) is 5.41 Å². The van der Waals surface area contributed by atoms with Gasteiger partial charge in [0.15, 0.2) is 6.73 Å². The van der Waals surface area contributed by atoms with Gasteiger partial charge in [-0.15, -0.1) is 0 Å². The van der Waals surface area contributed by atoms with Gasteiger partial charge in [0, 0.05) is 0 Å². The van der Waals surface area contributed by atoms with Crippen LogP contribution in [0.2, 0.25) is 0 Å². The van der Waals surface area contributed by atoms with Crippen LogP contribution >= 0.6 is 0 Å². The van der Waals surface area contributed by atoms with Crippen molar-refractivity contribution in [1.29, 1.82) is 0 Å². The van der Waals surface area contributed by atoms with Crippen molar-refractivity contribution in [3.05, 3.63) is 48.0 Å². The SMILES string of the molecule is CC(C)(C)C(=O)OCn1cc(NC(=O)C2(c3ccc(F)cc3)CCCC2)cn1. The molecule has 3 rings (SSSR count). The number of benzene rings is 1. The summed E-state index contributed by atoms with van der Waals surface area (Å²) in [5.41, 5.74) is 0.114. The Morgan fingerprint density at radius 1 is 1.21 bits per heavy atom.